The number of hydrogen-bond acceptors (Lipinski definition) is 2. The number of benzene rings is 1. The predicted octanol–water partition coefficient (Wildman–Crippen LogP) is 3.46. The van der Waals surface area contributed by atoms with E-state index in [0.29, 0.717) is 11.3 Å². The Morgan fingerprint density at radius 1 is 1.28 bits per heavy atom. The first-order valence-corrected chi connectivity index (χ1v) is 6.00. The number of pyridine rings is 1. The Morgan fingerprint density at radius 2 is 2.00 bits per heavy atom. The third-order valence-electron chi connectivity index (χ3n) is 2.70. The summed E-state index contributed by atoms with van der Waals surface area (Å²) in [5.41, 5.74) is 1.97. The molecule has 1 N–H and O–H groups in total. The first-order chi connectivity index (χ1) is 8.58. The van der Waals surface area contributed by atoms with E-state index in [2.05, 4.69) is 4.98 Å². The predicted molar refractivity (Wildman–Crippen MR) is 69.0 cm³/mol. The smallest absolute Gasteiger partial charge is 0.142 e. The van der Waals surface area contributed by atoms with E-state index in [9.17, 15) is 9.50 Å². The topological polar surface area (TPSA) is 33.1 Å². The minimum atomic E-state index is -0.788. The molecule has 0 saturated carbocycles. The molecule has 1 aromatic heterocycles. The van der Waals surface area contributed by atoms with E-state index < -0.39 is 11.9 Å². The van der Waals surface area contributed by atoms with Crippen LogP contribution in [0, 0.1) is 12.7 Å². The number of halogens is 2. The Hall–Kier alpha value is -1.45. The van der Waals surface area contributed by atoms with Crippen molar-refractivity contribution in [3.8, 4) is 0 Å². The summed E-state index contributed by atoms with van der Waals surface area (Å²) in [7, 11) is 0. The fourth-order valence-corrected chi connectivity index (χ4v) is 1.97. The molecule has 0 spiro atoms. The fraction of sp³-hybridized carbons (Fsp3) is 0.214. The molecular formula is C14H13ClFNO. The van der Waals surface area contributed by atoms with Crippen molar-refractivity contribution in [2.24, 2.45) is 0 Å². The van der Waals surface area contributed by atoms with Crippen LogP contribution in [0.1, 0.15) is 23.1 Å². The van der Waals surface area contributed by atoms with Gasteiger partial charge in [-0.2, -0.15) is 0 Å². The first kappa shape index (κ1) is 13.0. The van der Waals surface area contributed by atoms with E-state index in [1.54, 1.807) is 18.2 Å². The third kappa shape index (κ3) is 2.86. The zero-order valence-electron chi connectivity index (χ0n) is 9.90. The van der Waals surface area contributed by atoms with Gasteiger partial charge in [0.2, 0.25) is 0 Å². The van der Waals surface area contributed by atoms with Crippen molar-refractivity contribution < 1.29 is 9.50 Å². The van der Waals surface area contributed by atoms with Gasteiger partial charge in [0.15, 0.2) is 0 Å². The Balaban J connectivity index is 2.21. The SMILES string of the molecule is Cc1cccc(C(O)Cc2cccc(F)c2Cl)n1. The number of rotatable bonds is 3. The summed E-state index contributed by atoms with van der Waals surface area (Å²) in [5.74, 6) is -0.474. The van der Waals surface area contributed by atoms with E-state index in [0.717, 1.165) is 5.69 Å². The van der Waals surface area contributed by atoms with Gasteiger partial charge in [-0.1, -0.05) is 29.8 Å². The summed E-state index contributed by atoms with van der Waals surface area (Å²) in [6.07, 6.45) is -0.545. The maximum Gasteiger partial charge on any atom is 0.142 e. The van der Waals surface area contributed by atoms with Crippen LogP contribution in [0.25, 0.3) is 0 Å². The fourth-order valence-electron chi connectivity index (χ4n) is 1.77. The van der Waals surface area contributed by atoms with E-state index in [1.165, 1.54) is 6.07 Å². The summed E-state index contributed by atoms with van der Waals surface area (Å²) in [6, 6.07) is 9.99. The zero-order chi connectivity index (χ0) is 13.1. The molecule has 1 aromatic carbocycles. The zero-order valence-corrected chi connectivity index (χ0v) is 10.7. The summed E-state index contributed by atoms with van der Waals surface area (Å²) in [4.78, 5) is 4.23. The average molecular weight is 266 g/mol. The van der Waals surface area contributed by atoms with Gasteiger partial charge in [0.05, 0.1) is 10.7 Å². The molecule has 0 fully saturated rings. The number of nitrogens with zero attached hydrogens (tertiary/aromatic N) is 1. The highest BCUT2D eigenvalue weighted by Crippen LogP contribution is 2.24. The summed E-state index contributed by atoms with van der Waals surface area (Å²) < 4.78 is 13.3. The Morgan fingerprint density at radius 3 is 2.72 bits per heavy atom. The average Bonchev–Trinajstić information content (AvgIpc) is 2.35. The first-order valence-electron chi connectivity index (χ1n) is 5.62. The Labute approximate surface area is 110 Å². The highest BCUT2D eigenvalue weighted by atomic mass is 35.5. The van der Waals surface area contributed by atoms with Crippen molar-refractivity contribution in [2.45, 2.75) is 19.4 Å². The van der Waals surface area contributed by atoms with E-state index >= 15 is 0 Å². The summed E-state index contributed by atoms with van der Waals surface area (Å²) in [5, 5.41) is 10.1. The highest BCUT2D eigenvalue weighted by Gasteiger charge is 2.13. The summed E-state index contributed by atoms with van der Waals surface area (Å²) >= 11 is 5.85. The number of aliphatic hydroxyl groups excluding tert-OH is 1. The van der Waals surface area contributed by atoms with Crippen molar-refractivity contribution in [1.29, 1.82) is 0 Å². The van der Waals surface area contributed by atoms with E-state index in [4.69, 9.17) is 11.6 Å². The molecule has 0 amide bonds. The maximum absolute atomic E-state index is 13.3. The monoisotopic (exact) mass is 265 g/mol. The van der Waals surface area contributed by atoms with Crippen LogP contribution in [0.4, 0.5) is 4.39 Å². The molecule has 2 aromatic rings. The lowest BCUT2D eigenvalue weighted by Crippen LogP contribution is -2.05. The van der Waals surface area contributed by atoms with Gasteiger partial charge >= 0.3 is 0 Å². The molecule has 1 heterocycles. The molecule has 4 heteroatoms. The van der Waals surface area contributed by atoms with Crippen molar-refractivity contribution in [3.63, 3.8) is 0 Å². The number of aliphatic hydroxyl groups is 1. The van der Waals surface area contributed by atoms with Crippen LogP contribution in [0.3, 0.4) is 0 Å². The molecule has 0 saturated heterocycles. The van der Waals surface area contributed by atoms with Crippen LogP contribution >= 0.6 is 11.6 Å². The van der Waals surface area contributed by atoms with Crippen molar-refractivity contribution in [3.05, 3.63) is 64.2 Å². The van der Waals surface area contributed by atoms with Crippen molar-refractivity contribution in [2.75, 3.05) is 0 Å². The second-order valence-electron chi connectivity index (χ2n) is 4.14. The van der Waals surface area contributed by atoms with Crippen LogP contribution in [0.2, 0.25) is 5.02 Å². The molecule has 0 aliphatic rings. The van der Waals surface area contributed by atoms with Gasteiger partial charge in [0, 0.05) is 12.1 Å². The molecule has 94 valence electrons. The summed E-state index contributed by atoms with van der Waals surface area (Å²) in [6.45, 7) is 1.85. The van der Waals surface area contributed by atoms with E-state index in [1.807, 2.05) is 19.1 Å². The standard InChI is InChI=1S/C14H13ClFNO/c1-9-4-2-7-12(17-9)13(18)8-10-5-3-6-11(16)14(10)15/h2-7,13,18H,8H2,1H3. The lowest BCUT2D eigenvalue weighted by atomic mass is 10.0. The molecular weight excluding hydrogens is 253 g/mol. The van der Waals surface area contributed by atoms with Gasteiger partial charge in [0.1, 0.15) is 11.9 Å². The maximum atomic E-state index is 13.3. The molecule has 0 radical (unpaired) electrons. The number of aryl methyl sites for hydroxylation is 1. The third-order valence-corrected chi connectivity index (χ3v) is 3.12. The molecule has 18 heavy (non-hydrogen) atoms. The van der Waals surface area contributed by atoms with Crippen LogP contribution < -0.4 is 0 Å². The van der Waals surface area contributed by atoms with Gasteiger partial charge in [0.25, 0.3) is 0 Å². The minimum Gasteiger partial charge on any atom is -0.386 e. The van der Waals surface area contributed by atoms with E-state index in [-0.39, 0.29) is 11.4 Å². The normalized spacial score (nSPS) is 12.4. The Kier molecular flexibility index (Phi) is 3.94. The lowest BCUT2D eigenvalue weighted by Gasteiger charge is -2.12. The van der Waals surface area contributed by atoms with Crippen LogP contribution in [-0.2, 0) is 6.42 Å². The molecule has 2 nitrogen and oxygen atoms in total. The second-order valence-corrected chi connectivity index (χ2v) is 4.51. The van der Waals surface area contributed by atoms with Crippen LogP contribution in [0.5, 0.6) is 0 Å². The molecule has 0 aliphatic heterocycles. The van der Waals surface area contributed by atoms with Crippen LogP contribution in [-0.4, -0.2) is 10.1 Å². The van der Waals surface area contributed by atoms with Gasteiger partial charge in [-0.05, 0) is 30.7 Å². The van der Waals surface area contributed by atoms with Gasteiger partial charge < -0.3 is 5.11 Å². The molecule has 0 bridgehead atoms. The lowest BCUT2D eigenvalue weighted by molar-refractivity contribution is 0.173. The Bertz CT molecular complexity index is 559. The van der Waals surface area contributed by atoms with Crippen LogP contribution in [0.15, 0.2) is 36.4 Å². The quantitative estimate of drug-likeness (QED) is 0.922. The minimum absolute atomic E-state index is 0.0594. The molecule has 2 rings (SSSR count). The molecule has 1 atom stereocenters. The number of aromatic nitrogens is 1. The van der Waals surface area contributed by atoms with Crippen molar-refractivity contribution in [1.82, 2.24) is 4.98 Å². The van der Waals surface area contributed by atoms with Gasteiger partial charge in [-0.3, -0.25) is 4.98 Å². The largest absolute Gasteiger partial charge is 0.386 e. The highest BCUT2D eigenvalue weighted by molar-refractivity contribution is 6.31. The van der Waals surface area contributed by atoms with Gasteiger partial charge in [-0.25, -0.2) is 4.39 Å². The second kappa shape index (κ2) is 5.46. The molecule has 1 unspecified atom stereocenters. The molecule has 0 aliphatic carbocycles. The number of hydrogen-bond donors (Lipinski definition) is 1. The van der Waals surface area contributed by atoms with Crippen molar-refractivity contribution >= 4 is 11.6 Å². The van der Waals surface area contributed by atoms with Gasteiger partial charge in [-0.15, -0.1) is 0 Å².